The molecule has 11 nitrogen and oxygen atoms in total. The van der Waals surface area contributed by atoms with Crippen LogP contribution in [0, 0.1) is 13.3 Å². The lowest BCUT2D eigenvalue weighted by Crippen LogP contribution is -2.39. The first-order valence-electron chi connectivity index (χ1n) is 17.7. The maximum absolute atomic E-state index is 13.1. The van der Waals surface area contributed by atoms with Crippen LogP contribution in [0.15, 0.2) is 94.6 Å². The molecule has 0 amide bonds. The summed E-state index contributed by atoms with van der Waals surface area (Å²) in [4.78, 5) is 27.8. The van der Waals surface area contributed by atoms with Gasteiger partial charge in [0.05, 0.1) is 27.4 Å². The van der Waals surface area contributed by atoms with E-state index in [1.165, 1.54) is 10.8 Å². The molecule has 12 heteroatoms. The van der Waals surface area contributed by atoms with Gasteiger partial charge < -0.3 is 28.0 Å². The lowest BCUT2D eigenvalue weighted by Gasteiger charge is -2.39. The summed E-state index contributed by atoms with van der Waals surface area (Å²) in [6, 6.07) is 25.9. The fraction of sp³-hybridized carbons (Fsp3) is 0.425. The molecule has 0 spiro atoms. The molecule has 279 valence electrons. The first kappa shape index (κ1) is 39.4. The smallest absolute Gasteiger partial charge is 0.330 e. The summed E-state index contributed by atoms with van der Waals surface area (Å²) >= 11 is 0. The standard InChI is InChI=1S/C40H51N3O8P/c1-9-23-49-52(43(27(2)3)28(4)5)51-35-24-37(42-25-29(6)38(44)41-39(42)45)50-36(35)26-48-40(30-13-11-10-12-14-30,31-15-19-33(46-7)20-16-31)32-17-21-34(47-8)22-18-32/h10-22,24-25,27-28,35-37H,9,23,26H2,1-8H3,(H,41,44,45)/t35-,36+,37+,52?/m0/s1. The van der Waals surface area contributed by atoms with Crippen molar-refractivity contribution in [1.82, 2.24) is 14.2 Å². The van der Waals surface area contributed by atoms with Gasteiger partial charge in [0.2, 0.25) is 0 Å². The zero-order valence-electron chi connectivity index (χ0n) is 31.3. The van der Waals surface area contributed by atoms with Crippen LogP contribution in [0.3, 0.4) is 0 Å². The van der Waals surface area contributed by atoms with Gasteiger partial charge in [-0.3, -0.25) is 14.3 Å². The monoisotopic (exact) mass is 732 g/mol. The summed E-state index contributed by atoms with van der Waals surface area (Å²) < 4.78 is 41.8. The van der Waals surface area contributed by atoms with Gasteiger partial charge in [-0.15, -0.1) is 0 Å². The van der Waals surface area contributed by atoms with Crippen LogP contribution < -0.4 is 20.7 Å². The van der Waals surface area contributed by atoms with Crippen LogP contribution in [0.2, 0.25) is 0 Å². The molecule has 1 aromatic heterocycles. The Morgan fingerprint density at radius 2 is 1.42 bits per heavy atom. The summed E-state index contributed by atoms with van der Waals surface area (Å²) in [6.45, 7) is 12.8. The van der Waals surface area contributed by atoms with Crippen molar-refractivity contribution in [2.45, 2.75) is 84.1 Å². The first-order valence-corrected chi connectivity index (χ1v) is 18.8. The molecule has 1 fully saturated rings. The molecular weight excluding hydrogens is 681 g/mol. The Morgan fingerprint density at radius 3 is 1.94 bits per heavy atom. The number of methoxy groups -OCH3 is 2. The minimum atomic E-state index is -1.54. The topological polar surface area (TPSA) is 113 Å². The van der Waals surface area contributed by atoms with E-state index in [1.807, 2.05) is 85.3 Å². The Kier molecular flexibility index (Phi) is 13.5. The molecule has 4 aromatic rings. The molecule has 0 saturated carbocycles. The average Bonchev–Trinajstić information content (AvgIpc) is 3.54. The molecule has 5 rings (SSSR count). The normalized spacial score (nSPS) is 18.3. The molecule has 0 bridgehead atoms. The largest absolute Gasteiger partial charge is 0.497 e. The number of H-pyrrole nitrogens is 1. The highest BCUT2D eigenvalue weighted by Gasteiger charge is 2.45. The Hall–Kier alpha value is -3.83. The van der Waals surface area contributed by atoms with Crippen molar-refractivity contribution in [2.75, 3.05) is 27.4 Å². The van der Waals surface area contributed by atoms with Gasteiger partial charge in [-0.25, -0.2) is 9.46 Å². The van der Waals surface area contributed by atoms with E-state index in [9.17, 15) is 9.59 Å². The van der Waals surface area contributed by atoms with Gasteiger partial charge in [0.15, 0.2) is 0 Å². The van der Waals surface area contributed by atoms with Gasteiger partial charge in [-0.1, -0.05) is 61.5 Å². The Labute approximate surface area is 307 Å². The van der Waals surface area contributed by atoms with E-state index in [0.29, 0.717) is 23.7 Å². The second-order valence-corrected chi connectivity index (χ2v) is 14.7. The number of aryl methyl sites for hydroxylation is 1. The second-order valence-electron chi connectivity index (χ2n) is 13.3. The summed E-state index contributed by atoms with van der Waals surface area (Å²) in [7, 11) is 1.73. The van der Waals surface area contributed by atoms with Crippen LogP contribution in [0.4, 0.5) is 0 Å². The molecule has 52 heavy (non-hydrogen) atoms. The zero-order valence-corrected chi connectivity index (χ0v) is 32.2. The highest BCUT2D eigenvalue weighted by molar-refractivity contribution is 7.44. The van der Waals surface area contributed by atoms with Crippen molar-refractivity contribution in [1.29, 1.82) is 0 Å². The zero-order chi connectivity index (χ0) is 37.4. The highest BCUT2D eigenvalue weighted by Crippen LogP contribution is 2.50. The van der Waals surface area contributed by atoms with E-state index in [-0.39, 0.29) is 18.7 Å². The molecule has 0 aliphatic carbocycles. The van der Waals surface area contributed by atoms with Gasteiger partial charge in [-0.2, -0.15) is 0 Å². The number of aromatic nitrogens is 2. The fourth-order valence-electron chi connectivity index (χ4n) is 6.44. The van der Waals surface area contributed by atoms with Crippen LogP contribution in [-0.4, -0.2) is 65.9 Å². The number of hydrogen-bond acceptors (Lipinski definition) is 9. The van der Waals surface area contributed by atoms with Gasteiger partial charge in [-0.05, 0) is 82.0 Å². The molecule has 1 saturated heterocycles. The number of benzene rings is 3. The summed E-state index contributed by atoms with van der Waals surface area (Å²) in [6.07, 6.45) is 2.01. The van der Waals surface area contributed by atoms with Crippen molar-refractivity contribution in [3.63, 3.8) is 0 Å². The van der Waals surface area contributed by atoms with Gasteiger partial charge in [0.1, 0.15) is 35.5 Å². The van der Waals surface area contributed by atoms with Crippen LogP contribution in [0.25, 0.3) is 0 Å². The summed E-state index contributed by atoms with van der Waals surface area (Å²) in [5.41, 5.74) is 0.883. The van der Waals surface area contributed by atoms with Crippen molar-refractivity contribution in [2.24, 2.45) is 0 Å². The average molecular weight is 733 g/mol. The lowest BCUT2D eigenvalue weighted by atomic mass is 9.80. The van der Waals surface area contributed by atoms with Crippen molar-refractivity contribution >= 4 is 8.53 Å². The Morgan fingerprint density at radius 1 is 0.865 bits per heavy atom. The van der Waals surface area contributed by atoms with Crippen LogP contribution in [0.5, 0.6) is 11.5 Å². The molecule has 1 radical (unpaired) electrons. The van der Waals surface area contributed by atoms with E-state index < -0.39 is 43.8 Å². The fourth-order valence-corrected chi connectivity index (χ4v) is 8.25. The number of nitrogens with zero attached hydrogens (tertiary/aromatic N) is 2. The minimum absolute atomic E-state index is 0.0576. The number of nitrogens with one attached hydrogen (secondary N) is 1. The molecule has 3 aromatic carbocycles. The Bertz CT molecular complexity index is 1770. The van der Waals surface area contributed by atoms with Crippen molar-refractivity contribution in [3.05, 3.63) is 135 Å². The van der Waals surface area contributed by atoms with Gasteiger partial charge >= 0.3 is 5.69 Å². The van der Waals surface area contributed by atoms with E-state index in [4.69, 9.17) is 28.0 Å². The highest BCUT2D eigenvalue weighted by atomic mass is 31.2. The third-order valence-electron chi connectivity index (χ3n) is 8.96. The molecular formula is C40H51N3O8P. The lowest BCUT2D eigenvalue weighted by molar-refractivity contribution is -0.0922. The number of aromatic amines is 1. The first-order chi connectivity index (χ1) is 25.0. The molecule has 4 atom stereocenters. The number of hydrogen-bond donors (Lipinski definition) is 1. The number of rotatable bonds is 17. The molecule has 1 aliphatic rings. The molecule has 1 unspecified atom stereocenters. The van der Waals surface area contributed by atoms with Crippen molar-refractivity contribution < 1.29 is 28.0 Å². The van der Waals surface area contributed by atoms with Gasteiger partial charge in [0, 0.05) is 30.3 Å². The third kappa shape index (κ3) is 8.68. The van der Waals surface area contributed by atoms with E-state index >= 15 is 0 Å². The molecule has 1 N–H and O–H groups in total. The maximum atomic E-state index is 13.1. The predicted molar refractivity (Wildman–Crippen MR) is 203 cm³/mol. The molecule has 2 heterocycles. The minimum Gasteiger partial charge on any atom is -0.497 e. The maximum Gasteiger partial charge on any atom is 0.330 e. The predicted octanol–water partition coefficient (Wildman–Crippen LogP) is 7.13. The van der Waals surface area contributed by atoms with Crippen molar-refractivity contribution in [3.8, 4) is 11.5 Å². The van der Waals surface area contributed by atoms with E-state index in [1.54, 1.807) is 21.1 Å². The number of ether oxygens (including phenoxy) is 4. The Balaban J connectivity index is 1.60. The van der Waals surface area contributed by atoms with E-state index in [0.717, 1.165) is 23.1 Å². The summed E-state index contributed by atoms with van der Waals surface area (Å²) in [5.74, 6) is 1.43. The van der Waals surface area contributed by atoms with Crippen LogP contribution in [-0.2, 0) is 24.1 Å². The SMILES string of the molecule is CCCOP(O[C@H]1[CH][C@H](n2cc(C)c(=O)[nH]c2=O)O[C@@H]1COC(c1ccccc1)(c1ccc(OC)cc1)c1ccc(OC)cc1)N(C(C)C)C(C)C. The van der Waals surface area contributed by atoms with Gasteiger partial charge in [0.25, 0.3) is 14.1 Å². The summed E-state index contributed by atoms with van der Waals surface area (Å²) in [5, 5.41) is 0. The third-order valence-corrected chi connectivity index (χ3v) is 11.1. The van der Waals surface area contributed by atoms with E-state index in [2.05, 4.69) is 44.3 Å². The van der Waals surface area contributed by atoms with Crippen LogP contribution in [0.1, 0.15) is 69.5 Å². The van der Waals surface area contributed by atoms with Crippen LogP contribution >= 0.6 is 8.53 Å². The quantitative estimate of drug-likeness (QED) is 0.0895. The molecule has 1 aliphatic heterocycles. The second kappa shape index (κ2) is 17.8.